The molecule has 2 aliphatic rings. The first kappa shape index (κ1) is 12.2. The second-order valence-corrected chi connectivity index (χ2v) is 5.76. The highest BCUT2D eigenvalue weighted by molar-refractivity contribution is 5.01. The Balaban J connectivity index is 1.63. The van der Waals surface area contributed by atoms with Crippen LogP contribution in [0, 0.1) is 5.92 Å². The molecule has 0 aromatic carbocycles. The molecule has 3 atom stereocenters. The van der Waals surface area contributed by atoms with Crippen molar-refractivity contribution in [3.63, 3.8) is 0 Å². The zero-order valence-electron chi connectivity index (χ0n) is 11.2. The van der Waals surface area contributed by atoms with Crippen molar-refractivity contribution >= 4 is 0 Å². The maximum Gasteiger partial charge on any atom is 0.243 e. The molecule has 1 aliphatic carbocycles. The van der Waals surface area contributed by atoms with Gasteiger partial charge in [-0.2, -0.15) is 4.98 Å². The van der Waals surface area contributed by atoms with Crippen molar-refractivity contribution in [3.05, 3.63) is 11.7 Å². The Hall–Kier alpha value is -0.900. The molecule has 0 spiro atoms. The van der Waals surface area contributed by atoms with Crippen LogP contribution in [-0.4, -0.2) is 16.2 Å². The molecule has 0 radical (unpaired) electrons. The highest BCUT2D eigenvalue weighted by atomic mass is 16.5. The summed E-state index contributed by atoms with van der Waals surface area (Å²) in [4.78, 5) is 4.55. The molecule has 2 fully saturated rings. The quantitative estimate of drug-likeness (QED) is 0.891. The third kappa shape index (κ3) is 2.44. The van der Waals surface area contributed by atoms with Gasteiger partial charge in [-0.15, -0.1) is 0 Å². The van der Waals surface area contributed by atoms with Crippen LogP contribution in [0.15, 0.2) is 4.52 Å². The molecule has 18 heavy (non-hydrogen) atoms. The summed E-state index contributed by atoms with van der Waals surface area (Å²) in [6.45, 7) is 2.18. The van der Waals surface area contributed by atoms with Crippen molar-refractivity contribution in [3.8, 4) is 0 Å². The van der Waals surface area contributed by atoms with E-state index in [1.165, 1.54) is 38.5 Å². The van der Waals surface area contributed by atoms with Crippen molar-refractivity contribution < 1.29 is 4.52 Å². The van der Waals surface area contributed by atoms with Crippen LogP contribution in [0.2, 0.25) is 0 Å². The normalized spacial score (nSPS) is 31.5. The predicted octanol–water partition coefficient (Wildman–Crippen LogP) is 3.01. The van der Waals surface area contributed by atoms with Gasteiger partial charge in [-0.25, -0.2) is 0 Å². The molecular weight excluding hydrogens is 226 g/mol. The summed E-state index contributed by atoms with van der Waals surface area (Å²) in [5.41, 5.74) is 0. The van der Waals surface area contributed by atoms with Crippen molar-refractivity contribution in [2.45, 2.75) is 70.4 Å². The lowest BCUT2D eigenvalue weighted by Gasteiger charge is -2.24. The molecule has 1 saturated carbocycles. The Morgan fingerprint density at radius 3 is 3.06 bits per heavy atom. The topological polar surface area (TPSA) is 51.0 Å². The molecule has 3 unspecified atom stereocenters. The van der Waals surface area contributed by atoms with Gasteiger partial charge in [0, 0.05) is 12.5 Å². The van der Waals surface area contributed by atoms with E-state index in [4.69, 9.17) is 4.52 Å². The molecule has 1 aliphatic heterocycles. The smallest absolute Gasteiger partial charge is 0.243 e. The summed E-state index contributed by atoms with van der Waals surface area (Å²) in [5.74, 6) is 2.52. The van der Waals surface area contributed by atoms with Crippen LogP contribution in [0.1, 0.15) is 69.6 Å². The highest BCUT2D eigenvalue weighted by Gasteiger charge is 2.37. The van der Waals surface area contributed by atoms with E-state index in [1.807, 2.05) is 0 Å². The number of hydrogen-bond donors (Lipinski definition) is 1. The van der Waals surface area contributed by atoms with Crippen LogP contribution in [0.5, 0.6) is 0 Å². The van der Waals surface area contributed by atoms with Gasteiger partial charge in [-0.1, -0.05) is 31.3 Å². The lowest BCUT2D eigenvalue weighted by atomic mass is 9.85. The highest BCUT2D eigenvalue weighted by Crippen LogP contribution is 2.38. The second-order valence-electron chi connectivity index (χ2n) is 5.76. The predicted molar refractivity (Wildman–Crippen MR) is 69.1 cm³/mol. The molecule has 1 aromatic heterocycles. The number of rotatable bonds is 4. The minimum atomic E-state index is 0.306. The van der Waals surface area contributed by atoms with Crippen LogP contribution in [-0.2, 0) is 6.42 Å². The van der Waals surface area contributed by atoms with Crippen LogP contribution in [0.3, 0.4) is 0 Å². The summed E-state index contributed by atoms with van der Waals surface area (Å²) < 4.78 is 5.43. The molecule has 1 saturated heterocycles. The summed E-state index contributed by atoms with van der Waals surface area (Å²) in [6, 6.07) is 0.996. The fraction of sp³-hybridized carbons (Fsp3) is 0.857. The van der Waals surface area contributed by atoms with E-state index in [0.717, 1.165) is 30.5 Å². The molecule has 4 nitrogen and oxygen atoms in total. The monoisotopic (exact) mass is 249 g/mol. The Labute approximate surface area is 109 Å². The number of aryl methyl sites for hydroxylation is 1. The standard InChI is InChI=1S/C14H23N3O/c1-2-3-8-13-16-14(18-17-13)12-9-10-6-4-5-7-11(10)15-12/h10-12,15H,2-9H2,1H3. The summed E-state index contributed by atoms with van der Waals surface area (Å²) in [5, 5.41) is 7.77. The van der Waals surface area contributed by atoms with E-state index < -0.39 is 0 Å². The number of nitrogens with one attached hydrogen (secondary N) is 1. The van der Waals surface area contributed by atoms with E-state index in [0.29, 0.717) is 12.1 Å². The number of fused-ring (bicyclic) bond motifs is 1. The minimum Gasteiger partial charge on any atom is -0.338 e. The average Bonchev–Trinajstić information content (AvgIpc) is 3.02. The van der Waals surface area contributed by atoms with Gasteiger partial charge < -0.3 is 9.84 Å². The molecule has 2 heterocycles. The lowest BCUT2D eigenvalue weighted by Crippen LogP contribution is -2.30. The fourth-order valence-corrected chi connectivity index (χ4v) is 3.36. The molecule has 1 aromatic rings. The summed E-state index contributed by atoms with van der Waals surface area (Å²) >= 11 is 0. The van der Waals surface area contributed by atoms with Gasteiger partial charge in [-0.05, 0) is 31.6 Å². The molecule has 4 heteroatoms. The van der Waals surface area contributed by atoms with Gasteiger partial charge in [0.25, 0.3) is 0 Å². The third-order valence-corrected chi connectivity index (χ3v) is 4.40. The third-order valence-electron chi connectivity index (χ3n) is 4.40. The van der Waals surface area contributed by atoms with Crippen molar-refractivity contribution in [1.82, 2.24) is 15.5 Å². The van der Waals surface area contributed by atoms with Crippen LogP contribution in [0.25, 0.3) is 0 Å². The first-order valence-electron chi connectivity index (χ1n) is 7.45. The Bertz CT molecular complexity index is 376. The molecule has 0 amide bonds. The van der Waals surface area contributed by atoms with Crippen LogP contribution < -0.4 is 5.32 Å². The zero-order valence-corrected chi connectivity index (χ0v) is 11.2. The largest absolute Gasteiger partial charge is 0.338 e. The fourth-order valence-electron chi connectivity index (χ4n) is 3.36. The lowest BCUT2D eigenvalue weighted by molar-refractivity contribution is 0.324. The van der Waals surface area contributed by atoms with E-state index in [2.05, 4.69) is 22.4 Å². The first-order chi connectivity index (χ1) is 8.86. The molecule has 0 bridgehead atoms. The van der Waals surface area contributed by atoms with Crippen molar-refractivity contribution in [2.24, 2.45) is 5.92 Å². The summed E-state index contributed by atoms with van der Waals surface area (Å²) in [7, 11) is 0. The van der Waals surface area contributed by atoms with E-state index in [1.54, 1.807) is 0 Å². The minimum absolute atomic E-state index is 0.306. The molecule has 1 N–H and O–H groups in total. The number of hydrogen-bond acceptors (Lipinski definition) is 4. The van der Waals surface area contributed by atoms with Gasteiger partial charge in [0.15, 0.2) is 5.82 Å². The maximum absolute atomic E-state index is 5.43. The van der Waals surface area contributed by atoms with E-state index in [-0.39, 0.29) is 0 Å². The maximum atomic E-state index is 5.43. The SMILES string of the molecule is CCCCc1noc(C2CC3CCCCC3N2)n1. The van der Waals surface area contributed by atoms with Gasteiger partial charge in [0.05, 0.1) is 6.04 Å². The van der Waals surface area contributed by atoms with Crippen molar-refractivity contribution in [1.29, 1.82) is 0 Å². The van der Waals surface area contributed by atoms with Gasteiger partial charge in [0.1, 0.15) is 0 Å². The number of aromatic nitrogens is 2. The Morgan fingerprint density at radius 2 is 2.22 bits per heavy atom. The van der Waals surface area contributed by atoms with Crippen LogP contribution >= 0.6 is 0 Å². The van der Waals surface area contributed by atoms with Gasteiger partial charge >= 0.3 is 0 Å². The van der Waals surface area contributed by atoms with Crippen LogP contribution in [0.4, 0.5) is 0 Å². The average molecular weight is 249 g/mol. The number of nitrogens with zero attached hydrogens (tertiary/aromatic N) is 2. The zero-order chi connectivity index (χ0) is 12.4. The number of unbranched alkanes of at least 4 members (excludes halogenated alkanes) is 1. The molecule has 100 valence electrons. The van der Waals surface area contributed by atoms with Gasteiger partial charge in [0.2, 0.25) is 5.89 Å². The van der Waals surface area contributed by atoms with E-state index in [9.17, 15) is 0 Å². The van der Waals surface area contributed by atoms with Crippen molar-refractivity contribution in [2.75, 3.05) is 0 Å². The summed E-state index contributed by atoms with van der Waals surface area (Å²) in [6.07, 6.45) is 9.88. The van der Waals surface area contributed by atoms with E-state index >= 15 is 0 Å². The Kier molecular flexibility index (Phi) is 3.64. The Morgan fingerprint density at radius 1 is 1.33 bits per heavy atom. The first-order valence-corrected chi connectivity index (χ1v) is 7.45. The molecular formula is C14H23N3O. The second kappa shape index (κ2) is 5.39. The molecule has 3 rings (SSSR count). The van der Waals surface area contributed by atoms with Gasteiger partial charge in [-0.3, -0.25) is 0 Å².